The summed E-state index contributed by atoms with van der Waals surface area (Å²) in [6, 6.07) is 0.584. The summed E-state index contributed by atoms with van der Waals surface area (Å²) in [5, 5.41) is 3.96. The van der Waals surface area contributed by atoms with E-state index in [4.69, 9.17) is 0 Å². The minimum atomic E-state index is 0.170. The Kier molecular flexibility index (Phi) is 4.60. The third-order valence-electron chi connectivity index (χ3n) is 3.99. The van der Waals surface area contributed by atoms with E-state index in [0.717, 1.165) is 37.6 Å². The zero-order chi connectivity index (χ0) is 12.3. The molecule has 1 saturated carbocycles. The van der Waals surface area contributed by atoms with Gasteiger partial charge in [0.15, 0.2) is 0 Å². The van der Waals surface area contributed by atoms with Crippen LogP contribution in [0.2, 0.25) is 0 Å². The van der Waals surface area contributed by atoms with Crippen molar-refractivity contribution in [3.8, 4) is 0 Å². The third-order valence-corrected chi connectivity index (χ3v) is 5.08. The first kappa shape index (κ1) is 13.1. The monoisotopic (exact) mass is 256 g/mol. The van der Waals surface area contributed by atoms with Gasteiger partial charge in [0.25, 0.3) is 0 Å². The molecule has 2 fully saturated rings. The molecule has 0 spiro atoms. The molecule has 0 radical (unpaired) electrons. The van der Waals surface area contributed by atoms with Gasteiger partial charge in [-0.2, -0.15) is 11.8 Å². The van der Waals surface area contributed by atoms with Crippen molar-refractivity contribution in [1.29, 1.82) is 0 Å². The number of nitrogens with zero attached hydrogens (tertiary/aromatic N) is 1. The Morgan fingerprint density at radius 1 is 1.35 bits per heavy atom. The molecule has 3 atom stereocenters. The molecule has 0 aromatic carbocycles. The van der Waals surface area contributed by atoms with Crippen LogP contribution in [0.3, 0.4) is 0 Å². The molecule has 0 aromatic rings. The van der Waals surface area contributed by atoms with E-state index in [1.807, 2.05) is 16.7 Å². The molecule has 1 aliphatic carbocycles. The van der Waals surface area contributed by atoms with Gasteiger partial charge in [-0.3, -0.25) is 0 Å². The molecule has 0 aromatic heterocycles. The average molecular weight is 256 g/mol. The smallest absolute Gasteiger partial charge is 0.317 e. The van der Waals surface area contributed by atoms with Crippen molar-refractivity contribution >= 4 is 17.8 Å². The minimum Gasteiger partial charge on any atom is -0.335 e. The van der Waals surface area contributed by atoms with Crippen LogP contribution in [0.4, 0.5) is 4.79 Å². The number of thioether (sulfide) groups is 1. The van der Waals surface area contributed by atoms with Crippen LogP contribution in [0.15, 0.2) is 0 Å². The molecule has 1 aliphatic heterocycles. The molecule has 98 valence electrons. The molecule has 3 nitrogen and oxygen atoms in total. The quantitative estimate of drug-likeness (QED) is 0.824. The Hall–Kier alpha value is -0.380. The normalized spacial score (nSPS) is 33.8. The Morgan fingerprint density at radius 3 is 2.82 bits per heavy atom. The van der Waals surface area contributed by atoms with Crippen molar-refractivity contribution in [3.05, 3.63) is 0 Å². The Morgan fingerprint density at radius 2 is 2.18 bits per heavy atom. The largest absolute Gasteiger partial charge is 0.335 e. The predicted octanol–water partition coefficient (Wildman–Crippen LogP) is 2.71. The molecule has 2 rings (SSSR count). The van der Waals surface area contributed by atoms with Gasteiger partial charge < -0.3 is 10.2 Å². The number of carbonyl (C=O) groups is 1. The van der Waals surface area contributed by atoms with Crippen LogP contribution in [0.1, 0.15) is 39.0 Å². The van der Waals surface area contributed by atoms with Crippen LogP contribution in [-0.4, -0.2) is 41.6 Å². The van der Waals surface area contributed by atoms with Gasteiger partial charge in [0.2, 0.25) is 0 Å². The van der Waals surface area contributed by atoms with Gasteiger partial charge >= 0.3 is 6.03 Å². The van der Waals surface area contributed by atoms with Crippen LogP contribution in [-0.2, 0) is 0 Å². The van der Waals surface area contributed by atoms with Crippen molar-refractivity contribution in [3.63, 3.8) is 0 Å². The average Bonchev–Trinajstić information content (AvgIpc) is 2.77. The number of rotatable bonds is 2. The van der Waals surface area contributed by atoms with Gasteiger partial charge in [-0.05, 0) is 44.3 Å². The van der Waals surface area contributed by atoms with E-state index < -0.39 is 0 Å². The SMILES string of the molecule is CSC1CCC(NC(=O)N2CCCC(C)C2)C1. The summed E-state index contributed by atoms with van der Waals surface area (Å²) in [5.41, 5.74) is 0. The zero-order valence-electron chi connectivity index (χ0n) is 10.9. The van der Waals surface area contributed by atoms with E-state index in [0.29, 0.717) is 12.0 Å². The number of amides is 2. The van der Waals surface area contributed by atoms with E-state index in [1.165, 1.54) is 12.8 Å². The second-order valence-corrected chi connectivity index (χ2v) is 6.65. The van der Waals surface area contributed by atoms with Crippen molar-refractivity contribution in [2.45, 2.75) is 50.3 Å². The molecular formula is C13H24N2OS. The lowest BCUT2D eigenvalue weighted by Crippen LogP contribution is -2.47. The van der Waals surface area contributed by atoms with Gasteiger partial charge in [-0.25, -0.2) is 4.79 Å². The van der Waals surface area contributed by atoms with Gasteiger partial charge in [-0.15, -0.1) is 0 Å². The second-order valence-electron chi connectivity index (χ2n) is 5.51. The van der Waals surface area contributed by atoms with Crippen molar-refractivity contribution < 1.29 is 4.79 Å². The fraction of sp³-hybridized carbons (Fsp3) is 0.923. The Bertz CT molecular complexity index is 272. The molecule has 2 aliphatic rings. The van der Waals surface area contributed by atoms with Crippen LogP contribution < -0.4 is 5.32 Å². The van der Waals surface area contributed by atoms with Gasteiger partial charge in [-0.1, -0.05) is 6.92 Å². The first-order chi connectivity index (χ1) is 8.19. The van der Waals surface area contributed by atoms with Crippen molar-refractivity contribution in [2.24, 2.45) is 5.92 Å². The third kappa shape index (κ3) is 3.54. The van der Waals surface area contributed by atoms with Gasteiger partial charge in [0, 0.05) is 24.4 Å². The number of piperidine rings is 1. The molecule has 0 bridgehead atoms. The standard InChI is InChI=1S/C13H24N2OS/c1-10-4-3-7-15(9-10)13(16)14-11-5-6-12(8-11)17-2/h10-12H,3-9H2,1-2H3,(H,14,16). The molecule has 1 saturated heterocycles. The molecule has 3 unspecified atom stereocenters. The number of nitrogens with one attached hydrogen (secondary N) is 1. The molecule has 1 heterocycles. The van der Waals surface area contributed by atoms with Crippen molar-refractivity contribution in [2.75, 3.05) is 19.3 Å². The highest BCUT2D eigenvalue weighted by Crippen LogP contribution is 2.28. The Balaban J connectivity index is 1.77. The second kappa shape index (κ2) is 5.98. The highest BCUT2D eigenvalue weighted by atomic mass is 32.2. The summed E-state index contributed by atoms with van der Waals surface area (Å²) in [6.45, 7) is 4.11. The Labute approximate surface area is 109 Å². The number of urea groups is 1. The number of hydrogen-bond donors (Lipinski definition) is 1. The minimum absolute atomic E-state index is 0.170. The first-order valence-electron chi connectivity index (χ1n) is 6.77. The predicted molar refractivity (Wildman–Crippen MR) is 73.4 cm³/mol. The lowest BCUT2D eigenvalue weighted by Gasteiger charge is -2.32. The van der Waals surface area contributed by atoms with E-state index in [-0.39, 0.29) is 6.03 Å². The van der Waals surface area contributed by atoms with Crippen LogP contribution in [0.5, 0.6) is 0 Å². The molecule has 4 heteroatoms. The zero-order valence-corrected chi connectivity index (χ0v) is 11.8. The van der Waals surface area contributed by atoms with Crippen LogP contribution in [0, 0.1) is 5.92 Å². The summed E-state index contributed by atoms with van der Waals surface area (Å²) in [6.07, 6.45) is 8.15. The first-order valence-corrected chi connectivity index (χ1v) is 8.06. The summed E-state index contributed by atoms with van der Waals surface area (Å²) in [4.78, 5) is 14.1. The fourth-order valence-electron chi connectivity index (χ4n) is 2.93. The topological polar surface area (TPSA) is 32.3 Å². The maximum absolute atomic E-state index is 12.1. The summed E-state index contributed by atoms with van der Waals surface area (Å²) in [7, 11) is 0. The highest BCUT2D eigenvalue weighted by Gasteiger charge is 2.28. The van der Waals surface area contributed by atoms with Crippen LogP contribution >= 0.6 is 11.8 Å². The molecular weight excluding hydrogens is 232 g/mol. The molecule has 17 heavy (non-hydrogen) atoms. The number of carbonyl (C=O) groups excluding carboxylic acids is 1. The number of hydrogen-bond acceptors (Lipinski definition) is 2. The molecule has 1 N–H and O–H groups in total. The van der Waals surface area contributed by atoms with Crippen LogP contribution in [0.25, 0.3) is 0 Å². The summed E-state index contributed by atoms with van der Waals surface area (Å²) in [5.74, 6) is 0.664. The maximum atomic E-state index is 12.1. The van der Waals surface area contributed by atoms with E-state index in [1.54, 1.807) is 0 Å². The highest BCUT2D eigenvalue weighted by molar-refractivity contribution is 7.99. The van der Waals surface area contributed by atoms with E-state index in [2.05, 4.69) is 18.5 Å². The van der Waals surface area contributed by atoms with E-state index in [9.17, 15) is 4.79 Å². The van der Waals surface area contributed by atoms with E-state index >= 15 is 0 Å². The number of likely N-dealkylation sites (tertiary alicyclic amines) is 1. The summed E-state index contributed by atoms with van der Waals surface area (Å²) < 4.78 is 0. The lowest BCUT2D eigenvalue weighted by molar-refractivity contribution is 0.166. The van der Waals surface area contributed by atoms with Gasteiger partial charge in [0.05, 0.1) is 0 Å². The lowest BCUT2D eigenvalue weighted by atomic mass is 10.0. The maximum Gasteiger partial charge on any atom is 0.317 e. The fourth-order valence-corrected chi connectivity index (χ4v) is 3.72. The summed E-state index contributed by atoms with van der Waals surface area (Å²) >= 11 is 1.93. The van der Waals surface area contributed by atoms with Gasteiger partial charge in [0.1, 0.15) is 0 Å². The van der Waals surface area contributed by atoms with Crippen molar-refractivity contribution in [1.82, 2.24) is 10.2 Å². The molecule has 2 amide bonds.